The van der Waals surface area contributed by atoms with Gasteiger partial charge in [-0.3, -0.25) is 4.79 Å². The number of rotatable bonds is 4. The van der Waals surface area contributed by atoms with Crippen LogP contribution in [-0.2, 0) is 6.73 Å². The highest BCUT2D eigenvalue weighted by Gasteiger charge is 2.27. The Hall–Kier alpha value is -5.51. The fourth-order valence-corrected chi connectivity index (χ4v) is 5.30. The van der Waals surface area contributed by atoms with E-state index in [0.29, 0.717) is 44.7 Å². The minimum Gasteiger partial charge on any atom is -0.478 e. The third-order valence-electron chi connectivity index (χ3n) is 7.24. The molecule has 0 bridgehead atoms. The number of halogens is 2. The third-order valence-corrected chi connectivity index (χ3v) is 7.24. The van der Waals surface area contributed by atoms with E-state index in [4.69, 9.17) is 14.1 Å². The average Bonchev–Trinajstić information content (AvgIpc) is 3.55. The summed E-state index contributed by atoms with van der Waals surface area (Å²) >= 11 is 0. The average molecular weight is 552 g/mol. The summed E-state index contributed by atoms with van der Waals surface area (Å²) in [5.41, 5.74) is 2.92. The first-order valence-corrected chi connectivity index (χ1v) is 12.6. The molecule has 0 unspecified atom stereocenters. The van der Waals surface area contributed by atoms with Crippen LogP contribution in [0.4, 0.5) is 8.78 Å². The molecule has 3 aromatic carbocycles. The number of nitrogens with one attached hydrogen (secondary N) is 1. The molecule has 1 aliphatic heterocycles. The van der Waals surface area contributed by atoms with Crippen LogP contribution in [-0.4, -0.2) is 33.6 Å². The maximum Gasteiger partial charge on any atom is 0.336 e. The number of ether oxygens (including phenoxy) is 1. The summed E-state index contributed by atoms with van der Waals surface area (Å²) in [4.78, 5) is 30.2. The van der Waals surface area contributed by atoms with Gasteiger partial charge in [0.15, 0.2) is 6.73 Å². The van der Waals surface area contributed by atoms with Gasteiger partial charge in [-0.15, -0.1) is 0 Å². The summed E-state index contributed by atoms with van der Waals surface area (Å²) in [6, 6.07) is 18.1. The number of furan rings is 1. The van der Waals surface area contributed by atoms with Crippen molar-refractivity contribution in [3.63, 3.8) is 0 Å². The third kappa shape index (κ3) is 3.75. The number of pyridine rings is 1. The van der Waals surface area contributed by atoms with Gasteiger partial charge in [0.05, 0.1) is 28.0 Å². The number of aromatic carboxylic acids is 1. The van der Waals surface area contributed by atoms with Crippen molar-refractivity contribution in [2.45, 2.75) is 6.73 Å². The van der Waals surface area contributed by atoms with Crippen molar-refractivity contribution in [3.8, 4) is 39.7 Å². The molecule has 0 atom stereocenters. The van der Waals surface area contributed by atoms with Gasteiger partial charge in [-0.05, 0) is 66.7 Å². The molecule has 0 radical (unpaired) electrons. The molecule has 6 aromatic rings. The lowest BCUT2D eigenvalue weighted by molar-refractivity contribution is 0.0697. The van der Waals surface area contributed by atoms with Gasteiger partial charge in [-0.2, -0.15) is 0 Å². The summed E-state index contributed by atoms with van der Waals surface area (Å²) in [5.74, 6) is -1.88. The molecular formula is C31H19F2N3O5. The smallest absolute Gasteiger partial charge is 0.336 e. The Labute approximate surface area is 230 Å². The molecule has 41 heavy (non-hydrogen) atoms. The Balaban J connectivity index is 1.46. The number of carbonyl (C=O) groups excluding carboxylic acids is 1. The summed E-state index contributed by atoms with van der Waals surface area (Å²) in [6.07, 6.45) is 0. The molecule has 202 valence electrons. The van der Waals surface area contributed by atoms with Crippen molar-refractivity contribution in [2.75, 3.05) is 7.05 Å². The van der Waals surface area contributed by atoms with E-state index in [9.17, 15) is 23.5 Å². The van der Waals surface area contributed by atoms with Gasteiger partial charge in [0.1, 0.15) is 34.4 Å². The van der Waals surface area contributed by atoms with Gasteiger partial charge in [-0.1, -0.05) is 6.07 Å². The number of carboxylic acid groups (broad SMARTS) is 1. The summed E-state index contributed by atoms with van der Waals surface area (Å²) in [6.45, 7) is 0.166. The minimum atomic E-state index is -1.23. The largest absolute Gasteiger partial charge is 0.478 e. The number of nitrogens with zero attached hydrogens (tertiary/aromatic N) is 2. The number of aromatic nitrogens is 2. The second-order valence-corrected chi connectivity index (χ2v) is 9.54. The van der Waals surface area contributed by atoms with Crippen LogP contribution in [0.2, 0.25) is 0 Å². The normalized spacial score (nSPS) is 12.2. The van der Waals surface area contributed by atoms with Crippen LogP contribution in [0.15, 0.2) is 77.2 Å². The minimum absolute atomic E-state index is 0.101. The van der Waals surface area contributed by atoms with Crippen molar-refractivity contribution < 1.29 is 32.6 Å². The summed E-state index contributed by atoms with van der Waals surface area (Å²) < 4.78 is 41.8. The number of hydrogen-bond donors (Lipinski definition) is 2. The topological polar surface area (TPSA) is 107 Å². The van der Waals surface area contributed by atoms with Crippen LogP contribution in [0.5, 0.6) is 5.75 Å². The predicted octanol–water partition coefficient (Wildman–Crippen LogP) is 6.47. The summed E-state index contributed by atoms with van der Waals surface area (Å²) in [7, 11) is 1.47. The first-order valence-electron chi connectivity index (χ1n) is 12.6. The van der Waals surface area contributed by atoms with Crippen LogP contribution >= 0.6 is 0 Å². The van der Waals surface area contributed by atoms with Crippen LogP contribution in [0, 0.1) is 11.6 Å². The number of carboxylic acids is 1. The molecule has 2 N–H and O–H groups in total. The molecule has 4 heterocycles. The molecule has 0 aliphatic carbocycles. The second kappa shape index (κ2) is 9.02. The van der Waals surface area contributed by atoms with E-state index in [-0.39, 0.29) is 40.6 Å². The Morgan fingerprint density at radius 1 is 1.00 bits per heavy atom. The molecule has 3 aromatic heterocycles. The van der Waals surface area contributed by atoms with Gasteiger partial charge < -0.3 is 24.1 Å². The SMILES string of the molecule is CNC(=O)c1c(-c2ccc(F)cc2)oc2cc(C(=O)O)c(-c3ccc4c(n3)-c3cc5c(F)cccc5n3CO4)cc12. The lowest BCUT2D eigenvalue weighted by Crippen LogP contribution is -2.18. The fraction of sp³-hybridized carbons (Fsp3) is 0.0645. The highest BCUT2D eigenvalue weighted by atomic mass is 19.1. The van der Waals surface area contributed by atoms with E-state index < -0.39 is 17.7 Å². The van der Waals surface area contributed by atoms with Crippen LogP contribution in [0.1, 0.15) is 20.7 Å². The number of hydrogen-bond acceptors (Lipinski definition) is 5. The zero-order valence-electron chi connectivity index (χ0n) is 21.4. The van der Waals surface area contributed by atoms with Crippen LogP contribution in [0.25, 0.3) is 55.8 Å². The highest BCUT2D eigenvalue weighted by molar-refractivity contribution is 6.13. The van der Waals surface area contributed by atoms with E-state index in [1.807, 2.05) is 0 Å². The van der Waals surface area contributed by atoms with E-state index in [0.717, 1.165) is 0 Å². The van der Waals surface area contributed by atoms with Gasteiger partial charge in [-0.25, -0.2) is 18.6 Å². The second-order valence-electron chi connectivity index (χ2n) is 9.54. The Morgan fingerprint density at radius 2 is 1.80 bits per heavy atom. The van der Waals surface area contributed by atoms with Crippen molar-refractivity contribution in [2.24, 2.45) is 0 Å². The molecule has 8 nitrogen and oxygen atoms in total. The van der Waals surface area contributed by atoms with E-state index in [1.54, 1.807) is 41.0 Å². The molecular weight excluding hydrogens is 532 g/mol. The number of fused-ring (bicyclic) bond motifs is 6. The molecule has 10 heteroatoms. The highest BCUT2D eigenvalue weighted by Crippen LogP contribution is 2.41. The van der Waals surface area contributed by atoms with Crippen molar-refractivity contribution >= 4 is 33.7 Å². The lowest BCUT2D eigenvalue weighted by atomic mass is 9.98. The Morgan fingerprint density at radius 3 is 2.56 bits per heavy atom. The summed E-state index contributed by atoms with van der Waals surface area (Å²) in [5, 5.41) is 13.5. The van der Waals surface area contributed by atoms with Gasteiger partial charge >= 0.3 is 5.97 Å². The molecule has 1 amide bonds. The monoisotopic (exact) mass is 551 g/mol. The Bertz CT molecular complexity index is 2060. The van der Waals surface area contributed by atoms with Gasteiger partial charge in [0.25, 0.3) is 5.91 Å². The van der Waals surface area contributed by atoms with E-state index in [1.165, 1.54) is 43.4 Å². The number of amides is 1. The quantitative estimate of drug-likeness (QED) is 0.260. The number of benzene rings is 3. The standard InChI is InChI=1S/C31H19F2N3O5/c1-34-30(37)27-20-11-17(18(31(38)39)13-26(20)41-29(27)15-5-7-16(32)8-6-15)22-9-10-25-28(35-22)24-12-19-21(33)3-2-4-23(19)36(24)14-40-25/h2-13H,14H2,1H3,(H,34,37)(H,38,39). The molecule has 1 aliphatic rings. The van der Waals surface area contributed by atoms with Gasteiger partial charge in [0.2, 0.25) is 0 Å². The van der Waals surface area contributed by atoms with Crippen LogP contribution in [0.3, 0.4) is 0 Å². The molecule has 0 saturated heterocycles. The first-order chi connectivity index (χ1) is 19.8. The lowest BCUT2D eigenvalue weighted by Gasteiger charge is -2.21. The van der Waals surface area contributed by atoms with Crippen molar-refractivity contribution in [3.05, 3.63) is 95.6 Å². The maximum atomic E-state index is 14.6. The first kappa shape index (κ1) is 24.5. The van der Waals surface area contributed by atoms with Crippen LogP contribution < -0.4 is 10.1 Å². The Kier molecular flexibility index (Phi) is 5.40. The zero-order valence-corrected chi connectivity index (χ0v) is 21.4. The molecule has 0 saturated carbocycles. The van der Waals surface area contributed by atoms with E-state index in [2.05, 4.69) is 5.32 Å². The molecule has 7 rings (SSSR count). The van der Waals surface area contributed by atoms with Crippen molar-refractivity contribution in [1.29, 1.82) is 0 Å². The van der Waals surface area contributed by atoms with Gasteiger partial charge in [0, 0.05) is 28.9 Å². The molecule has 0 spiro atoms. The maximum absolute atomic E-state index is 14.6. The van der Waals surface area contributed by atoms with Crippen molar-refractivity contribution in [1.82, 2.24) is 14.9 Å². The zero-order chi connectivity index (χ0) is 28.4. The molecule has 0 fully saturated rings. The predicted molar refractivity (Wildman–Crippen MR) is 147 cm³/mol. The van der Waals surface area contributed by atoms with E-state index >= 15 is 0 Å². The number of carbonyl (C=O) groups is 2. The fourth-order valence-electron chi connectivity index (χ4n) is 5.30.